The van der Waals surface area contributed by atoms with Crippen LogP contribution in [0.1, 0.15) is 23.7 Å². The largest absolute Gasteiger partial charge is 0.506 e. The Morgan fingerprint density at radius 1 is 1.08 bits per heavy atom. The van der Waals surface area contributed by atoms with Crippen molar-refractivity contribution in [3.8, 4) is 5.75 Å². The molecule has 0 radical (unpaired) electrons. The number of nitrogens with zero attached hydrogens (tertiary/aromatic N) is 1. The van der Waals surface area contributed by atoms with Gasteiger partial charge in [-0.15, -0.1) is 0 Å². The molecule has 1 aliphatic heterocycles. The number of aromatic hydroxyl groups is 1. The van der Waals surface area contributed by atoms with Gasteiger partial charge in [-0.05, 0) is 36.1 Å². The fraction of sp³-hybridized carbons (Fsp3) is 0.176. The molecule has 8 heteroatoms. The molecular formula is C17H18N2O5S. The summed E-state index contributed by atoms with van der Waals surface area (Å²) in [5.41, 5.74) is 1.61. The van der Waals surface area contributed by atoms with Crippen molar-refractivity contribution in [1.29, 1.82) is 0 Å². The van der Waals surface area contributed by atoms with Crippen LogP contribution >= 0.6 is 0 Å². The highest BCUT2D eigenvalue weighted by Gasteiger charge is 2.30. The van der Waals surface area contributed by atoms with Crippen LogP contribution in [0.15, 0.2) is 60.6 Å². The first kappa shape index (κ1) is 17.1. The molecule has 1 heterocycles. The average molecular weight is 362 g/mol. The maximum Gasteiger partial charge on any atom is 0.330 e. The van der Waals surface area contributed by atoms with Gasteiger partial charge in [-0.25, -0.2) is 9.03 Å². The van der Waals surface area contributed by atoms with E-state index >= 15 is 0 Å². The molecule has 4 N–H and O–H groups in total. The van der Waals surface area contributed by atoms with Gasteiger partial charge >= 0.3 is 10.2 Å². The smallest absolute Gasteiger partial charge is 0.330 e. The molecule has 0 aliphatic carbocycles. The molecule has 0 saturated carbocycles. The van der Waals surface area contributed by atoms with Crippen molar-refractivity contribution in [2.75, 3.05) is 4.31 Å². The molecule has 3 rings (SSSR count). The number of aryl methyl sites for hydroxylation is 1. The molecule has 1 unspecified atom stereocenters. The Kier molecular flexibility index (Phi) is 4.56. The zero-order chi connectivity index (χ0) is 18.0. The van der Waals surface area contributed by atoms with Crippen LogP contribution in [0.25, 0.3) is 0 Å². The standard InChI is InChI=1S/C17H18N2O5S/c20-15(13-4-2-1-3-5-13)9-7-12-6-8-14(16(21)10-12)19-11-17(22)18-25(19,23)24/h1-6,8,10-11,15,18,20-22H,7,9H2. The Bertz CT molecular complexity index is 897. The second-order valence-electron chi connectivity index (χ2n) is 5.71. The minimum absolute atomic E-state index is 0.0314. The normalized spacial score (nSPS) is 17.0. The van der Waals surface area contributed by atoms with Crippen LogP contribution in [0, 0.1) is 0 Å². The number of nitrogens with one attached hydrogen (secondary N) is 1. The number of aliphatic hydroxyl groups is 2. The van der Waals surface area contributed by atoms with Gasteiger partial charge in [0.15, 0.2) is 0 Å². The summed E-state index contributed by atoms with van der Waals surface area (Å²) in [6, 6.07) is 13.8. The molecular weight excluding hydrogens is 344 g/mol. The third-order valence-electron chi connectivity index (χ3n) is 3.90. The van der Waals surface area contributed by atoms with E-state index in [9.17, 15) is 23.7 Å². The molecule has 0 bridgehead atoms. The summed E-state index contributed by atoms with van der Waals surface area (Å²) in [7, 11) is -3.95. The van der Waals surface area contributed by atoms with Crippen molar-refractivity contribution in [3.05, 3.63) is 71.7 Å². The topological polar surface area (TPSA) is 110 Å². The first-order chi connectivity index (χ1) is 11.9. The van der Waals surface area contributed by atoms with E-state index in [1.54, 1.807) is 6.07 Å². The number of anilines is 1. The van der Waals surface area contributed by atoms with Crippen LogP contribution in [0.4, 0.5) is 5.69 Å². The Hall–Kier alpha value is -2.71. The van der Waals surface area contributed by atoms with Crippen LogP contribution in [-0.2, 0) is 16.6 Å². The maximum absolute atomic E-state index is 11.8. The molecule has 2 aromatic carbocycles. The lowest BCUT2D eigenvalue weighted by atomic mass is 10.0. The van der Waals surface area contributed by atoms with E-state index in [0.717, 1.165) is 21.6 Å². The minimum atomic E-state index is -3.95. The van der Waals surface area contributed by atoms with Gasteiger partial charge in [0.05, 0.1) is 12.3 Å². The predicted octanol–water partition coefficient (Wildman–Crippen LogP) is 2.07. The first-order valence-corrected chi connectivity index (χ1v) is 9.09. The predicted molar refractivity (Wildman–Crippen MR) is 93.1 cm³/mol. The molecule has 2 aromatic rings. The number of phenols is 1. The second-order valence-corrected chi connectivity index (χ2v) is 7.25. The zero-order valence-corrected chi connectivity index (χ0v) is 14.0. The fourth-order valence-corrected chi connectivity index (χ4v) is 3.71. The Labute approximate surface area is 145 Å². The third-order valence-corrected chi connectivity index (χ3v) is 5.19. The quantitative estimate of drug-likeness (QED) is 0.651. The van der Waals surface area contributed by atoms with Crippen LogP contribution in [-0.4, -0.2) is 23.7 Å². The first-order valence-electron chi connectivity index (χ1n) is 7.65. The second kappa shape index (κ2) is 6.66. The van der Waals surface area contributed by atoms with E-state index in [2.05, 4.69) is 0 Å². The highest BCUT2D eigenvalue weighted by atomic mass is 32.2. The zero-order valence-electron chi connectivity index (χ0n) is 13.2. The van der Waals surface area contributed by atoms with E-state index in [1.165, 1.54) is 12.1 Å². The van der Waals surface area contributed by atoms with Gasteiger partial charge < -0.3 is 15.3 Å². The van der Waals surface area contributed by atoms with Crippen molar-refractivity contribution in [2.24, 2.45) is 0 Å². The van der Waals surface area contributed by atoms with Gasteiger partial charge in [0.2, 0.25) is 5.88 Å². The van der Waals surface area contributed by atoms with E-state index in [0.29, 0.717) is 12.8 Å². The van der Waals surface area contributed by atoms with Crippen molar-refractivity contribution in [1.82, 2.24) is 4.72 Å². The molecule has 132 valence electrons. The van der Waals surface area contributed by atoms with E-state index in [4.69, 9.17) is 0 Å². The van der Waals surface area contributed by atoms with Crippen molar-refractivity contribution in [2.45, 2.75) is 18.9 Å². The van der Waals surface area contributed by atoms with Crippen LogP contribution in [0.3, 0.4) is 0 Å². The number of aliphatic hydroxyl groups excluding tert-OH is 2. The molecule has 0 aromatic heterocycles. The van der Waals surface area contributed by atoms with E-state index < -0.39 is 22.2 Å². The van der Waals surface area contributed by atoms with Crippen LogP contribution < -0.4 is 9.03 Å². The van der Waals surface area contributed by atoms with Crippen molar-refractivity contribution >= 4 is 15.9 Å². The van der Waals surface area contributed by atoms with Gasteiger partial charge in [-0.2, -0.15) is 8.42 Å². The summed E-state index contributed by atoms with van der Waals surface area (Å²) in [5, 5.41) is 29.6. The third kappa shape index (κ3) is 3.70. The maximum atomic E-state index is 11.8. The van der Waals surface area contributed by atoms with Crippen molar-refractivity contribution < 1.29 is 23.7 Å². The van der Waals surface area contributed by atoms with Gasteiger partial charge in [0.25, 0.3) is 0 Å². The molecule has 0 amide bonds. The summed E-state index contributed by atoms with van der Waals surface area (Å²) < 4.78 is 26.4. The Morgan fingerprint density at radius 2 is 1.80 bits per heavy atom. The fourth-order valence-electron chi connectivity index (χ4n) is 2.64. The summed E-state index contributed by atoms with van der Waals surface area (Å²) in [5.74, 6) is -0.752. The molecule has 25 heavy (non-hydrogen) atoms. The molecule has 0 spiro atoms. The van der Waals surface area contributed by atoms with E-state index in [1.807, 2.05) is 35.1 Å². The Balaban J connectivity index is 1.72. The summed E-state index contributed by atoms with van der Waals surface area (Å²) in [6.45, 7) is 0. The molecule has 0 saturated heterocycles. The lowest BCUT2D eigenvalue weighted by Gasteiger charge is -2.16. The minimum Gasteiger partial charge on any atom is -0.506 e. The summed E-state index contributed by atoms with van der Waals surface area (Å²) in [4.78, 5) is 0. The number of phenolic OH excluding ortho intramolecular Hbond substituents is 1. The van der Waals surface area contributed by atoms with Gasteiger partial charge in [-0.3, -0.25) is 0 Å². The summed E-state index contributed by atoms with van der Waals surface area (Å²) in [6.07, 6.45) is 1.33. The molecule has 1 aliphatic rings. The van der Waals surface area contributed by atoms with E-state index in [-0.39, 0.29) is 11.4 Å². The van der Waals surface area contributed by atoms with Crippen LogP contribution in [0.5, 0.6) is 5.75 Å². The highest BCUT2D eigenvalue weighted by Crippen LogP contribution is 2.33. The van der Waals surface area contributed by atoms with Gasteiger partial charge in [0.1, 0.15) is 11.4 Å². The molecule has 0 fully saturated rings. The number of rotatable bonds is 5. The number of hydrogen-bond donors (Lipinski definition) is 4. The molecule has 1 atom stereocenters. The number of benzene rings is 2. The number of hydrogen-bond acceptors (Lipinski definition) is 5. The summed E-state index contributed by atoms with van der Waals surface area (Å²) >= 11 is 0. The van der Waals surface area contributed by atoms with Gasteiger partial charge in [0, 0.05) is 0 Å². The van der Waals surface area contributed by atoms with Crippen LogP contribution in [0.2, 0.25) is 0 Å². The molecule has 7 nitrogen and oxygen atoms in total. The average Bonchev–Trinajstić information content (AvgIpc) is 2.85. The SMILES string of the molecule is O=S1(=O)NC(O)=CN1c1ccc(CCC(O)c2ccccc2)cc1O. The lowest BCUT2D eigenvalue weighted by Crippen LogP contribution is -2.29. The highest BCUT2D eigenvalue weighted by molar-refractivity contribution is 7.91. The Morgan fingerprint density at radius 3 is 2.40 bits per heavy atom. The van der Waals surface area contributed by atoms with Gasteiger partial charge in [-0.1, -0.05) is 36.4 Å². The van der Waals surface area contributed by atoms with Crippen molar-refractivity contribution in [3.63, 3.8) is 0 Å². The monoisotopic (exact) mass is 362 g/mol. The lowest BCUT2D eigenvalue weighted by molar-refractivity contribution is 0.168.